The van der Waals surface area contributed by atoms with Gasteiger partial charge in [0.1, 0.15) is 5.82 Å². The SMILES string of the molecule is O=C(Cc1cnn(-c2ccccc2)c1)NCCCc1nc2ccccc2[nH]1. The number of hydrogen-bond acceptors (Lipinski definition) is 3. The van der Waals surface area contributed by atoms with Crippen molar-refractivity contribution in [3.8, 4) is 5.69 Å². The fourth-order valence-corrected chi connectivity index (χ4v) is 3.03. The lowest BCUT2D eigenvalue weighted by molar-refractivity contribution is -0.120. The molecular formula is C21H21N5O. The molecule has 0 spiro atoms. The van der Waals surface area contributed by atoms with Crippen molar-refractivity contribution >= 4 is 16.9 Å². The Bertz CT molecular complexity index is 1000. The highest BCUT2D eigenvalue weighted by molar-refractivity contribution is 5.78. The van der Waals surface area contributed by atoms with Gasteiger partial charge in [0.25, 0.3) is 0 Å². The molecule has 27 heavy (non-hydrogen) atoms. The van der Waals surface area contributed by atoms with Gasteiger partial charge >= 0.3 is 0 Å². The van der Waals surface area contributed by atoms with Crippen LogP contribution < -0.4 is 5.32 Å². The Kier molecular flexibility index (Phi) is 4.96. The number of aromatic amines is 1. The molecule has 0 aliphatic rings. The Labute approximate surface area is 157 Å². The monoisotopic (exact) mass is 359 g/mol. The molecule has 0 fully saturated rings. The van der Waals surface area contributed by atoms with Crippen LogP contribution >= 0.6 is 0 Å². The summed E-state index contributed by atoms with van der Waals surface area (Å²) in [5.74, 6) is 0.960. The van der Waals surface area contributed by atoms with E-state index in [0.29, 0.717) is 13.0 Å². The lowest BCUT2D eigenvalue weighted by Crippen LogP contribution is -2.26. The van der Waals surface area contributed by atoms with E-state index in [4.69, 9.17) is 0 Å². The van der Waals surface area contributed by atoms with E-state index in [0.717, 1.165) is 41.0 Å². The van der Waals surface area contributed by atoms with E-state index in [1.165, 1.54) is 0 Å². The van der Waals surface area contributed by atoms with Crippen LogP contribution in [0.15, 0.2) is 67.0 Å². The number of H-pyrrole nitrogens is 1. The maximum atomic E-state index is 12.1. The zero-order valence-electron chi connectivity index (χ0n) is 14.9. The number of para-hydroxylation sites is 3. The standard InChI is InChI=1S/C21H21N5O/c27-21(13-16-14-23-26(15-16)17-7-2-1-3-8-17)22-12-6-11-20-24-18-9-4-5-10-19(18)25-20/h1-5,7-10,14-15H,6,11-13H2,(H,22,27)(H,24,25). The summed E-state index contributed by atoms with van der Waals surface area (Å²) in [6, 6.07) is 17.8. The summed E-state index contributed by atoms with van der Waals surface area (Å²) < 4.78 is 1.78. The number of nitrogens with zero attached hydrogens (tertiary/aromatic N) is 3. The van der Waals surface area contributed by atoms with E-state index in [2.05, 4.69) is 20.4 Å². The molecule has 0 saturated heterocycles. The Morgan fingerprint density at radius 3 is 2.74 bits per heavy atom. The normalized spacial score (nSPS) is 11.0. The molecule has 0 unspecified atom stereocenters. The molecule has 4 aromatic rings. The summed E-state index contributed by atoms with van der Waals surface area (Å²) >= 11 is 0. The van der Waals surface area contributed by atoms with Crippen LogP contribution in [0.5, 0.6) is 0 Å². The third kappa shape index (κ3) is 4.23. The van der Waals surface area contributed by atoms with Crippen molar-refractivity contribution in [2.24, 2.45) is 0 Å². The molecule has 0 atom stereocenters. The third-order valence-corrected chi connectivity index (χ3v) is 4.37. The summed E-state index contributed by atoms with van der Waals surface area (Å²) in [4.78, 5) is 20.0. The molecule has 1 amide bonds. The van der Waals surface area contributed by atoms with E-state index in [1.807, 2.05) is 60.8 Å². The van der Waals surface area contributed by atoms with Crippen LogP contribution in [-0.2, 0) is 17.6 Å². The molecule has 0 saturated carbocycles. The molecule has 136 valence electrons. The summed E-state index contributed by atoms with van der Waals surface area (Å²) in [6.07, 6.45) is 5.61. The minimum atomic E-state index is 0.00668. The molecule has 6 heteroatoms. The van der Waals surface area contributed by atoms with Gasteiger partial charge in [0, 0.05) is 19.2 Å². The summed E-state index contributed by atoms with van der Waals surface area (Å²) in [6.45, 7) is 0.628. The molecule has 0 aliphatic carbocycles. The molecule has 4 rings (SSSR count). The fraction of sp³-hybridized carbons (Fsp3) is 0.190. The van der Waals surface area contributed by atoms with Crippen LogP contribution in [-0.4, -0.2) is 32.2 Å². The number of carbonyl (C=O) groups is 1. The number of benzene rings is 2. The topological polar surface area (TPSA) is 75.6 Å². The van der Waals surface area contributed by atoms with Gasteiger partial charge in [-0.2, -0.15) is 5.10 Å². The lowest BCUT2D eigenvalue weighted by atomic mass is 10.2. The van der Waals surface area contributed by atoms with E-state index in [1.54, 1.807) is 10.9 Å². The minimum Gasteiger partial charge on any atom is -0.356 e. The largest absolute Gasteiger partial charge is 0.356 e. The second-order valence-electron chi connectivity index (χ2n) is 6.46. The molecule has 2 aromatic heterocycles. The van der Waals surface area contributed by atoms with Gasteiger partial charge in [-0.3, -0.25) is 4.79 Å². The number of aromatic nitrogens is 4. The van der Waals surface area contributed by atoms with Crippen LogP contribution in [0.25, 0.3) is 16.7 Å². The van der Waals surface area contributed by atoms with Crippen LogP contribution in [0.1, 0.15) is 17.8 Å². The first-order chi connectivity index (χ1) is 13.3. The Morgan fingerprint density at radius 1 is 1.07 bits per heavy atom. The average molecular weight is 359 g/mol. The summed E-state index contributed by atoms with van der Waals surface area (Å²) in [7, 11) is 0. The Hall–Kier alpha value is -3.41. The van der Waals surface area contributed by atoms with E-state index < -0.39 is 0 Å². The number of carbonyl (C=O) groups excluding carboxylic acids is 1. The summed E-state index contributed by atoms with van der Waals surface area (Å²) in [5, 5.41) is 7.29. The molecule has 2 heterocycles. The van der Waals surface area contributed by atoms with Crippen molar-refractivity contribution in [2.75, 3.05) is 6.54 Å². The highest BCUT2D eigenvalue weighted by Crippen LogP contribution is 2.11. The Morgan fingerprint density at radius 2 is 1.89 bits per heavy atom. The van der Waals surface area contributed by atoms with Crippen molar-refractivity contribution < 1.29 is 4.79 Å². The van der Waals surface area contributed by atoms with E-state index >= 15 is 0 Å². The van der Waals surface area contributed by atoms with Crippen molar-refractivity contribution in [3.05, 3.63) is 78.4 Å². The van der Waals surface area contributed by atoms with Crippen molar-refractivity contribution in [1.82, 2.24) is 25.1 Å². The van der Waals surface area contributed by atoms with Crippen LogP contribution in [0.2, 0.25) is 0 Å². The van der Waals surface area contributed by atoms with Gasteiger partial charge in [-0.1, -0.05) is 30.3 Å². The van der Waals surface area contributed by atoms with Crippen LogP contribution in [0.3, 0.4) is 0 Å². The van der Waals surface area contributed by atoms with Crippen molar-refractivity contribution in [3.63, 3.8) is 0 Å². The zero-order valence-corrected chi connectivity index (χ0v) is 14.9. The molecule has 2 N–H and O–H groups in total. The molecule has 0 bridgehead atoms. The Balaban J connectivity index is 1.23. The van der Waals surface area contributed by atoms with Gasteiger partial charge in [0.15, 0.2) is 0 Å². The first-order valence-electron chi connectivity index (χ1n) is 9.07. The second-order valence-corrected chi connectivity index (χ2v) is 6.46. The van der Waals surface area contributed by atoms with Gasteiger partial charge < -0.3 is 10.3 Å². The number of aryl methyl sites for hydroxylation is 1. The molecule has 0 aliphatic heterocycles. The van der Waals surface area contributed by atoms with Gasteiger partial charge in [0.2, 0.25) is 5.91 Å². The van der Waals surface area contributed by atoms with E-state index in [-0.39, 0.29) is 5.91 Å². The van der Waals surface area contributed by atoms with E-state index in [9.17, 15) is 4.79 Å². The maximum Gasteiger partial charge on any atom is 0.224 e. The smallest absolute Gasteiger partial charge is 0.224 e. The molecule has 6 nitrogen and oxygen atoms in total. The lowest BCUT2D eigenvalue weighted by Gasteiger charge is -2.03. The average Bonchev–Trinajstić information content (AvgIpc) is 3.32. The quantitative estimate of drug-likeness (QED) is 0.498. The van der Waals surface area contributed by atoms with Gasteiger partial charge in [-0.25, -0.2) is 9.67 Å². The summed E-state index contributed by atoms with van der Waals surface area (Å²) in [5.41, 5.74) is 3.91. The molecule has 0 radical (unpaired) electrons. The zero-order chi connectivity index (χ0) is 18.5. The van der Waals surface area contributed by atoms with Crippen LogP contribution in [0.4, 0.5) is 0 Å². The number of rotatable bonds is 7. The number of imidazole rings is 1. The van der Waals surface area contributed by atoms with Crippen molar-refractivity contribution in [1.29, 1.82) is 0 Å². The number of fused-ring (bicyclic) bond motifs is 1. The van der Waals surface area contributed by atoms with Gasteiger partial charge in [-0.15, -0.1) is 0 Å². The van der Waals surface area contributed by atoms with Gasteiger partial charge in [-0.05, 0) is 36.2 Å². The predicted octanol–water partition coefficient (Wildman–Crippen LogP) is 3.04. The highest BCUT2D eigenvalue weighted by atomic mass is 16.1. The van der Waals surface area contributed by atoms with Gasteiger partial charge in [0.05, 0.1) is 29.3 Å². The minimum absolute atomic E-state index is 0.00668. The first kappa shape index (κ1) is 17.0. The maximum absolute atomic E-state index is 12.1. The van der Waals surface area contributed by atoms with Crippen LogP contribution in [0, 0.1) is 0 Å². The predicted molar refractivity (Wildman–Crippen MR) is 105 cm³/mol. The first-order valence-corrected chi connectivity index (χ1v) is 9.07. The molecular weight excluding hydrogens is 338 g/mol. The van der Waals surface area contributed by atoms with Crippen molar-refractivity contribution in [2.45, 2.75) is 19.3 Å². The number of amides is 1. The number of hydrogen-bond donors (Lipinski definition) is 2. The highest BCUT2D eigenvalue weighted by Gasteiger charge is 2.07. The third-order valence-electron chi connectivity index (χ3n) is 4.37. The molecule has 2 aromatic carbocycles. The second kappa shape index (κ2) is 7.86. The number of nitrogens with one attached hydrogen (secondary N) is 2. The fourth-order valence-electron chi connectivity index (χ4n) is 3.03.